The highest BCUT2D eigenvalue weighted by Crippen LogP contribution is 2.32. The number of hydrogen-bond acceptors (Lipinski definition) is 3. The Hall–Kier alpha value is -2.61. The fourth-order valence-corrected chi connectivity index (χ4v) is 1.89. The van der Waals surface area contributed by atoms with E-state index in [4.69, 9.17) is 11.0 Å². The average Bonchev–Trinajstić information content (AvgIpc) is 2.37. The molecular weight excluding hydrogens is 248 g/mol. The van der Waals surface area contributed by atoms with Crippen molar-refractivity contribution in [2.24, 2.45) is 0 Å². The Balaban J connectivity index is 2.57. The molecule has 0 aliphatic carbocycles. The van der Waals surface area contributed by atoms with Gasteiger partial charge in [0.25, 0.3) is 0 Å². The summed E-state index contributed by atoms with van der Waals surface area (Å²) in [4.78, 5) is 1.29. The fourth-order valence-electron chi connectivity index (χ4n) is 1.89. The second kappa shape index (κ2) is 4.94. The summed E-state index contributed by atoms with van der Waals surface area (Å²) in [5.41, 5.74) is 5.91. The largest absolute Gasteiger partial charge is 0.399 e. The number of rotatable bonds is 2. The summed E-state index contributed by atoms with van der Waals surface area (Å²) in [5.74, 6) is -1.54. The summed E-state index contributed by atoms with van der Waals surface area (Å²) in [6.45, 7) is 0. The van der Waals surface area contributed by atoms with Crippen molar-refractivity contribution in [3.8, 4) is 6.07 Å². The predicted molar refractivity (Wildman–Crippen MR) is 70.0 cm³/mol. The highest BCUT2D eigenvalue weighted by molar-refractivity contribution is 5.70. The first kappa shape index (κ1) is 12.8. The maximum atomic E-state index is 13.8. The molecule has 2 N–H and O–H groups in total. The lowest BCUT2D eigenvalue weighted by Crippen LogP contribution is -2.15. The summed E-state index contributed by atoms with van der Waals surface area (Å²) in [5, 5.41) is 9.01. The third kappa shape index (κ3) is 2.33. The molecule has 0 radical (unpaired) electrons. The lowest BCUT2D eigenvalue weighted by molar-refractivity contribution is 0.585. The Kier molecular flexibility index (Phi) is 3.34. The van der Waals surface area contributed by atoms with Gasteiger partial charge in [-0.05, 0) is 24.3 Å². The molecule has 0 spiro atoms. The molecular formula is C14H11F2N3. The summed E-state index contributed by atoms with van der Waals surface area (Å²) >= 11 is 0. The fraction of sp³-hybridized carbons (Fsp3) is 0.0714. The van der Waals surface area contributed by atoms with E-state index in [1.54, 1.807) is 24.3 Å². The van der Waals surface area contributed by atoms with Gasteiger partial charge < -0.3 is 10.6 Å². The van der Waals surface area contributed by atoms with Gasteiger partial charge in [0.2, 0.25) is 0 Å². The van der Waals surface area contributed by atoms with Crippen molar-refractivity contribution >= 4 is 17.1 Å². The van der Waals surface area contributed by atoms with E-state index in [9.17, 15) is 8.78 Å². The van der Waals surface area contributed by atoms with Gasteiger partial charge in [-0.1, -0.05) is 12.1 Å². The molecule has 3 nitrogen and oxygen atoms in total. The molecule has 0 amide bonds. The second-order valence-electron chi connectivity index (χ2n) is 4.02. The maximum absolute atomic E-state index is 13.8. The smallest absolute Gasteiger partial charge is 0.151 e. The van der Waals surface area contributed by atoms with E-state index in [0.29, 0.717) is 11.3 Å². The molecule has 2 aromatic rings. The molecule has 19 heavy (non-hydrogen) atoms. The first-order valence-corrected chi connectivity index (χ1v) is 5.52. The number of nitriles is 1. The number of nitrogens with two attached hydrogens (primary N) is 1. The molecule has 2 rings (SSSR count). The number of nitrogen functional groups attached to an aromatic ring is 1. The van der Waals surface area contributed by atoms with Gasteiger partial charge in [-0.15, -0.1) is 0 Å². The number of hydrogen-bond donors (Lipinski definition) is 1. The SMILES string of the molecule is CN(c1ccccc1C#N)c1c(F)cc(N)cc1F. The van der Waals surface area contributed by atoms with Crippen LogP contribution >= 0.6 is 0 Å². The van der Waals surface area contributed by atoms with Gasteiger partial charge >= 0.3 is 0 Å². The molecule has 0 aliphatic rings. The van der Waals surface area contributed by atoms with Crippen LogP contribution in [0.5, 0.6) is 0 Å². The summed E-state index contributed by atoms with van der Waals surface area (Å²) in [6, 6.07) is 10.7. The van der Waals surface area contributed by atoms with Crippen molar-refractivity contribution in [3.63, 3.8) is 0 Å². The van der Waals surface area contributed by atoms with Crippen molar-refractivity contribution in [1.82, 2.24) is 0 Å². The van der Waals surface area contributed by atoms with Crippen LogP contribution in [-0.4, -0.2) is 7.05 Å². The Bertz CT molecular complexity index is 639. The zero-order valence-electron chi connectivity index (χ0n) is 10.2. The van der Waals surface area contributed by atoms with Crippen molar-refractivity contribution in [2.75, 3.05) is 17.7 Å². The van der Waals surface area contributed by atoms with E-state index in [1.165, 1.54) is 11.9 Å². The summed E-state index contributed by atoms with van der Waals surface area (Å²) in [7, 11) is 1.49. The highest BCUT2D eigenvalue weighted by Gasteiger charge is 2.17. The second-order valence-corrected chi connectivity index (χ2v) is 4.02. The zero-order chi connectivity index (χ0) is 14.0. The Morgan fingerprint density at radius 2 is 1.74 bits per heavy atom. The lowest BCUT2D eigenvalue weighted by atomic mass is 10.1. The molecule has 0 heterocycles. The standard InChI is InChI=1S/C14H11F2N3/c1-19(13-5-3-2-4-9(13)8-17)14-11(15)6-10(18)7-12(14)16/h2-7H,18H2,1H3. The number of benzene rings is 2. The molecule has 0 fully saturated rings. The maximum Gasteiger partial charge on any atom is 0.151 e. The molecule has 0 saturated carbocycles. The minimum Gasteiger partial charge on any atom is -0.399 e. The van der Waals surface area contributed by atoms with Crippen molar-refractivity contribution in [1.29, 1.82) is 5.26 Å². The van der Waals surface area contributed by atoms with Crippen LogP contribution in [0.15, 0.2) is 36.4 Å². The molecule has 96 valence electrons. The molecule has 5 heteroatoms. The Labute approximate surface area is 109 Å². The molecule has 0 aliphatic heterocycles. The quantitative estimate of drug-likeness (QED) is 0.843. The van der Waals surface area contributed by atoms with Crippen LogP contribution in [0.3, 0.4) is 0 Å². The minimum atomic E-state index is -0.771. The van der Waals surface area contributed by atoms with Crippen LogP contribution in [0.1, 0.15) is 5.56 Å². The van der Waals surface area contributed by atoms with Crippen molar-refractivity contribution < 1.29 is 8.78 Å². The van der Waals surface area contributed by atoms with Gasteiger partial charge in [-0.2, -0.15) is 5.26 Å². The molecule has 0 saturated heterocycles. The van der Waals surface area contributed by atoms with E-state index in [0.717, 1.165) is 12.1 Å². The van der Waals surface area contributed by atoms with E-state index in [1.807, 2.05) is 6.07 Å². The summed E-state index contributed by atoms with van der Waals surface area (Å²) < 4.78 is 27.7. The predicted octanol–water partition coefficient (Wildman–Crippen LogP) is 3.19. The first-order valence-electron chi connectivity index (χ1n) is 5.52. The van der Waals surface area contributed by atoms with Crippen LogP contribution in [0, 0.1) is 23.0 Å². The van der Waals surface area contributed by atoms with Crippen molar-refractivity contribution in [3.05, 3.63) is 53.6 Å². The first-order chi connectivity index (χ1) is 9.04. The van der Waals surface area contributed by atoms with Crippen molar-refractivity contribution in [2.45, 2.75) is 0 Å². The zero-order valence-corrected chi connectivity index (χ0v) is 10.2. The summed E-state index contributed by atoms with van der Waals surface area (Å²) in [6.07, 6.45) is 0. The topological polar surface area (TPSA) is 53.0 Å². The van der Waals surface area contributed by atoms with E-state index >= 15 is 0 Å². The van der Waals surface area contributed by atoms with Crippen LogP contribution in [0.4, 0.5) is 25.8 Å². The normalized spacial score (nSPS) is 10.0. The number of halogens is 2. The third-order valence-electron chi connectivity index (χ3n) is 2.76. The van der Waals surface area contributed by atoms with E-state index in [2.05, 4.69) is 0 Å². The van der Waals surface area contributed by atoms with Gasteiger partial charge in [-0.25, -0.2) is 8.78 Å². The molecule has 0 aromatic heterocycles. The van der Waals surface area contributed by atoms with Gasteiger partial charge in [0.05, 0.1) is 11.3 Å². The van der Waals surface area contributed by atoms with Crippen LogP contribution in [-0.2, 0) is 0 Å². The highest BCUT2D eigenvalue weighted by atomic mass is 19.1. The Morgan fingerprint density at radius 3 is 2.32 bits per heavy atom. The number of para-hydroxylation sites is 1. The molecule has 2 aromatic carbocycles. The van der Waals surface area contributed by atoms with Crippen LogP contribution < -0.4 is 10.6 Å². The van der Waals surface area contributed by atoms with Gasteiger partial charge in [0, 0.05) is 12.7 Å². The monoisotopic (exact) mass is 259 g/mol. The Morgan fingerprint density at radius 1 is 1.16 bits per heavy atom. The van der Waals surface area contributed by atoms with Gasteiger partial charge in [0.1, 0.15) is 11.8 Å². The van der Waals surface area contributed by atoms with E-state index < -0.39 is 11.6 Å². The minimum absolute atomic E-state index is 0.0146. The molecule has 0 unspecified atom stereocenters. The average molecular weight is 259 g/mol. The molecule has 0 bridgehead atoms. The lowest BCUT2D eigenvalue weighted by Gasteiger charge is -2.22. The number of anilines is 3. The van der Waals surface area contributed by atoms with Crippen LogP contribution in [0.2, 0.25) is 0 Å². The molecule has 0 atom stereocenters. The van der Waals surface area contributed by atoms with Crippen LogP contribution in [0.25, 0.3) is 0 Å². The number of nitrogens with zero attached hydrogens (tertiary/aromatic N) is 2. The van der Waals surface area contributed by atoms with Gasteiger partial charge in [0.15, 0.2) is 11.6 Å². The third-order valence-corrected chi connectivity index (χ3v) is 2.76. The van der Waals surface area contributed by atoms with E-state index in [-0.39, 0.29) is 11.4 Å². The van der Waals surface area contributed by atoms with Gasteiger partial charge in [-0.3, -0.25) is 0 Å².